The molecule has 0 aliphatic carbocycles. The van der Waals surface area contributed by atoms with Crippen LogP contribution in [0.15, 0.2) is 64.2 Å². The molecule has 0 N–H and O–H groups in total. The highest BCUT2D eigenvalue weighted by Crippen LogP contribution is 2.03. The Morgan fingerprint density at radius 2 is 1.26 bits per heavy atom. The highest BCUT2D eigenvalue weighted by atomic mass is 16.2. The van der Waals surface area contributed by atoms with Gasteiger partial charge < -0.3 is 0 Å². The van der Waals surface area contributed by atoms with Crippen molar-refractivity contribution in [2.45, 2.75) is 13.0 Å². The fourth-order valence-electron chi connectivity index (χ4n) is 2.25. The lowest BCUT2D eigenvalue weighted by Crippen LogP contribution is -2.30. The van der Waals surface area contributed by atoms with Gasteiger partial charge in [0.1, 0.15) is 0 Å². The molecular formula is C16H13NO2. The van der Waals surface area contributed by atoms with E-state index in [1.54, 1.807) is 24.3 Å². The normalized spacial score (nSPS) is 10.9. The molecule has 0 aliphatic heterocycles. The summed E-state index contributed by atoms with van der Waals surface area (Å²) < 4.78 is 1.33. The maximum Gasteiger partial charge on any atom is 0.260 e. The summed E-state index contributed by atoms with van der Waals surface area (Å²) in [5.41, 5.74) is 0.706. The van der Waals surface area contributed by atoms with Crippen molar-refractivity contribution in [2.75, 3.05) is 0 Å². The third-order valence-corrected chi connectivity index (χ3v) is 3.34. The second kappa shape index (κ2) is 4.69. The van der Waals surface area contributed by atoms with Crippen molar-refractivity contribution in [2.24, 2.45) is 0 Å². The molecule has 0 saturated heterocycles. The average molecular weight is 251 g/mol. The minimum Gasteiger partial charge on any atom is -0.274 e. The summed E-state index contributed by atoms with van der Waals surface area (Å²) in [6.45, 7) is 0.415. The second-order valence-electron chi connectivity index (χ2n) is 4.57. The molecule has 2 aromatic heterocycles. The Bertz CT molecular complexity index is 739. The van der Waals surface area contributed by atoms with E-state index < -0.39 is 0 Å². The molecule has 19 heavy (non-hydrogen) atoms. The third kappa shape index (κ3) is 2.15. The lowest BCUT2D eigenvalue weighted by molar-refractivity contribution is 0.660. The van der Waals surface area contributed by atoms with Gasteiger partial charge >= 0.3 is 0 Å². The molecule has 0 saturated carbocycles. The maximum absolute atomic E-state index is 12.2. The molecule has 0 radical (unpaired) electrons. The zero-order valence-electron chi connectivity index (χ0n) is 10.4. The number of hydrogen-bond donors (Lipinski definition) is 0. The van der Waals surface area contributed by atoms with Crippen LogP contribution < -0.4 is 11.1 Å². The summed E-state index contributed by atoms with van der Waals surface area (Å²) in [5.74, 6) is 0. The van der Waals surface area contributed by atoms with Crippen LogP contribution in [0, 0.1) is 0 Å². The van der Waals surface area contributed by atoms with Crippen molar-refractivity contribution in [3.05, 3.63) is 80.9 Å². The van der Waals surface area contributed by atoms with Crippen molar-refractivity contribution < 1.29 is 0 Å². The van der Waals surface area contributed by atoms with E-state index in [0.29, 0.717) is 23.7 Å². The Labute approximate surface area is 110 Å². The molecule has 3 heteroatoms. The van der Waals surface area contributed by atoms with Crippen LogP contribution in [0.3, 0.4) is 0 Å². The molecule has 0 atom stereocenters. The van der Waals surface area contributed by atoms with Gasteiger partial charge in [0, 0.05) is 17.3 Å². The Balaban J connectivity index is 2.02. The van der Waals surface area contributed by atoms with E-state index in [9.17, 15) is 9.59 Å². The quantitative estimate of drug-likeness (QED) is 0.714. The fraction of sp³-hybridized carbons (Fsp3) is 0.125. The van der Waals surface area contributed by atoms with Crippen molar-refractivity contribution in [3.63, 3.8) is 0 Å². The molecule has 2 aromatic carbocycles. The van der Waals surface area contributed by atoms with Crippen LogP contribution in [0.5, 0.6) is 0 Å². The molecule has 0 fully saturated rings. The number of aromatic nitrogens is 1. The monoisotopic (exact) mass is 251 g/mol. The highest BCUT2D eigenvalue weighted by Gasteiger charge is 2.06. The Morgan fingerprint density at radius 1 is 0.737 bits per heavy atom. The molecule has 2 heterocycles. The van der Waals surface area contributed by atoms with Crippen LogP contribution in [-0.4, -0.2) is 4.57 Å². The molecule has 0 spiro atoms. The number of nitrogens with zero attached hydrogens (tertiary/aromatic N) is 1. The largest absolute Gasteiger partial charge is 0.274 e. The molecule has 2 bridgehead atoms. The summed E-state index contributed by atoms with van der Waals surface area (Å²) in [4.78, 5) is 24.4. The van der Waals surface area contributed by atoms with Crippen LogP contribution in [0.4, 0.5) is 0 Å². The number of rotatable bonds is 3. The highest BCUT2D eigenvalue weighted by molar-refractivity contribution is 5.63. The van der Waals surface area contributed by atoms with Crippen molar-refractivity contribution in [1.29, 1.82) is 0 Å². The zero-order chi connectivity index (χ0) is 13.2. The standard InChI is InChI=1S/C16H13NO2/c18-15-13-6-7-14(9-8-13)16(19)17(15)11-10-12-4-2-1-3-5-12/h1-9H,10-11H2. The lowest BCUT2D eigenvalue weighted by Gasteiger charge is -2.02. The molecule has 4 rings (SSSR count). The molecule has 0 unspecified atom stereocenters. The molecule has 4 aromatic rings. The number of hydrogen-bond acceptors (Lipinski definition) is 2. The van der Waals surface area contributed by atoms with E-state index in [-0.39, 0.29) is 11.1 Å². The van der Waals surface area contributed by atoms with Gasteiger partial charge in [0.15, 0.2) is 0 Å². The Kier molecular flexibility index (Phi) is 2.88. The molecule has 0 amide bonds. The van der Waals surface area contributed by atoms with Gasteiger partial charge in [-0.1, -0.05) is 30.3 Å². The van der Waals surface area contributed by atoms with Gasteiger partial charge in [-0.2, -0.15) is 0 Å². The molecule has 94 valence electrons. The first-order valence-electron chi connectivity index (χ1n) is 6.26. The van der Waals surface area contributed by atoms with Crippen molar-refractivity contribution in [3.8, 4) is 0 Å². The second-order valence-corrected chi connectivity index (χ2v) is 4.57. The van der Waals surface area contributed by atoms with E-state index in [4.69, 9.17) is 0 Å². The van der Waals surface area contributed by atoms with Crippen LogP contribution in [0.1, 0.15) is 5.56 Å². The van der Waals surface area contributed by atoms with E-state index in [0.717, 1.165) is 5.56 Å². The van der Waals surface area contributed by atoms with Crippen molar-refractivity contribution in [1.82, 2.24) is 4.57 Å². The first-order valence-corrected chi connectivity index (χ1v) is 6.26. The van der Waals surface area contributed by atoms with Gasteiger partial charge in [-0.05, 0) is 36.2 Å². The number of benzene rings is 2. The fourth-order valence-corrected chi connectivity index (χ4v) is 2.25. The van der Waals surface area contributed by atoms with Crippen LogP contribution in [0.25, 0.3) is 10.8 Å². The first-order chi connectivity index (χ1) is 9.25. The summed E-state index contributed by atoms with van der Waals surface area (Å²) in [6, 6.07) is 16.7. The molecule has 3 nitrogen and oxygen atoms in total. The topological polar surface area (TPSA) is 39.1 Å². The van der Waals surface area contributed by atoms with Gasteiger partial charge in [-0.15, -0.1) is 0 Å². The summed E-state index contributed by atoms with van der Waals surface area (Å²) in [7, 11) is 0. The van der Waals surface area contributed by atoms with E-state index in [1.165, 1.54) is 4.57 Å². The first kappa shape index (κ1) is 11.7. The summed E-state index contributed by atoms with van der Waals surface area (Å²) in [5, 5.41) is 1.14. The van der Waals surface area contributed by atoms with E-state index in [2.05, 4.69) is 0 Å². The van der Waals surface area contributed by atoms with Crippen molar-refractivity contribution >= 4 is 10.8 Å². The van der Waals surface area contributed by atoms with Gasteiger partial charge in [0.2, 0.25) is 0 Å². The Hall–Kier alpha value is -2.42. The van der Waals surface area contributed by atoms with Crippen LogP contribution >= 0.6 is 0 Å². The number of fused-ring (bicyclic) bond motifs is 4. The predicted octanol–water partition coefficient (Wildman–Crippen LogP) is 2.04. The predicted molar refractivity (Wildman–Crippen MR) is 75.8 cm³/mol. The minimum absolute atomic E-state index is 0.207. The Morgan fingerprint density at radius 3 is 1.79 bits per heavy atom. The lowest BCUT2D eigenvalue weighted by atomic mass is 10.1. The average Bonchev–Trinajstić information content (AvgIpc) is 2.65. The van der Waals surface area contributed by atoms with Crippen LogP contribution in [0.2, 0.25) is 0 Å². The smallest absolute Gasteiger partial charge is 0.260 e. The van der Waals surface area contributed by atoms with Gasteiger partial charge in [0.05, 0.1) is 0 Å². The van der Waals surface area contributed by atoms with E-state index >= 15 is 0 Å². The minimum atomic E-state index is -0.207. The zero-order valence-corrected chi connectivity index (χ0v) is 10.4. The summed E-state index contributed by atoms with van der Waals surface area (Å²) in [6.07, 6.45) is 0.679. The molecule has 0 aliphatic rings. The molecular weight excluding hydrogens is 238 g/mol. The van der Waals surface area contributed by atoms with Gasteiger partial charge in [-0.25, -0.2) is 0 Å². The van der Waals surface area contributed by atoms with E-state index in [1.807, 2.05) is 30.3 Å². The third-order valence-electron chi connectivity index (χ3n) is 3.34. The number of aryl methyl sites for hydroxylation is 1. The SMILES string of the molecule is O=c1c2ccc(cc2)c(=O)n1CCc1ccccc1. The maximum atomic E-state index is 12.2. The van der Waals surface area contributed by atoms with Crippen LogP contribution in [-0.2, 0) is 13.0 Å². The summed E-state index contributed by atoms with van der Waals surface area (Å²) >= 11 is 0. The van der Waals surface area contributed by atoms with Gasteiger partial charge in [-0.3, -0.25) is 14.2 Å². The van der Waals surface area contributed by atoms with Gasteiger partial charge in [0.25, 0.3) is 11.1 Å².